The van der Waals surface area contributed by atoms with Gasteiger partial charge in [-0.05, 0) is 25.0 Å². The van der Waals surface area contributed by atoms with E-state index in [0.29, 0.717) is 19.4 Å². The Hall–Kier alpha value is -2.97. The van der Waals surface area contributed by atoms with Crippen LogP contribution in [0.3, 0.4) is 0 Å². The third kappa shape index (κ3) is 6.58. The SMILES string of the molecule is COc1cc(C(=O)OCCCCN=C(N)N)cc(OC)c1OC(C)=O. The van der Waals surface area contributed by atoms with E-state index in [4.69, 9.17) is 30.4 Å². The number of methoxy groups -OCH3 is 2. The summed E-state index contributed by atoms with van der Waals surface area (Å²) in [6.45, 7) is 1.94. The Kier molecular flexibility index (Phi) is 8.04. The predicted molar refractivity (Wildman–Crippen MR) is 91.0 cm³/mol. The molecule has 1 aromatic rings. The van der Waals surface area contributed by atoms with Gasteiger partial charge in [-0.25, -0.2) is 4.79 Å². The third-order valence-electron chi connectivity index (χ3n) is 3.02. The highest BCUT2D eigenvalue weighted by molar-refractivity contribution is 5.91. The molecule has 0 radical (unpaired) electrons. The Morgan fingerprint density at radius 2 is 1.68 bits per heavy atom. The Balaban J connectivity index is 2.75. The first-order valence-corrected chi connectivity index (χ1v) is 7.56. The fourth-order valence-corrected chi connectivity index (χ4v) is 1.91. The summed E-state index contributed by atoms with van der Waals surface area (Å²) < 4.78 is 20.6. The summed E-state index contributed by atoms with van der Waals surface area (Å²) in [5.74, 6) is -0.570. The Bertz CT molecular complexity index is 616. The van der Waals surface area contributed by atoms with Crippen molar-refractivity contribution in [2.24, 2.45) is 16.5 Å². The second-order valence-electron chi connectivity index (χ2n) is 4.95. The summed E-state index contributed by atoms with van der Waals surface area (Å²) in [5.41, 5.74) is 10.6. The minimum absolute atomic E-state index is 0.0315. The number of benzene rings is 1. The van der Waals surface area contributed by atoms with Crippen LogP contribution in [-0.4, -0.2) is 45.3 Å². The number of hydrogen-bond donors (Lipinski definition) is 2. The number of aliphatic imine (C=N–C) groups is 1. The van der Waals surface area contributed by atoms with Crippen molar-refractivity contribution in [3.05, 3.63) is 17.7 Å². The molecule has 138 valence electrons. The fraction of sp³-hybridized carbons (Fsp3) is 0.438. The number of ether oxygens (including phenoxy) is 4. The summed E-state index contributed by atoms with van der Waals surface area (Å²) >= 11 is 0. The maximum atomic E-state index is 12.1. The molecule has 0 atom stereocenters. The Labute approximate surface area is 145 Å². The quantitative estimate of drug-likeness (QED) is 0.219. The molecule has 9 nitrogen and oxygen atoms in total. The molecular formula is C16H23N3O6. The number of nitrogens with zero attached hydrogens (tertiary/aromatic N) is 1. The highest BCUT2D eigenvalue weighted by Crippen LogP contribution is 2.38. The molecule has 0 aliphatic heterocycles. The first kappa shape index (κ1) is 20.1. The largest absolute Gasteiger partial charge is 0.493 e. The lowest BCUT2D eigenvalue weighted by molar-refractivity contribution is -0.132. The van der Waals surface area contributed by atoms with Crippen LogP contribution >= 0.6 is 0 Å². The van der Waals surface area contributed by atoms with Crippen LogP contribution in [0.1, 0.15) is 30.1 Å². The zero-order chi connectivity index (χ0) is 18.8. The van der Waals surface area contributed by atoms with Crippen LogP contribution in [0.4, 0.5) is 0 Å². The molecule has 0 spiro atoms. The molecular weight excluding hydrogens is 330 g/mol. The number of hydrogen-bond acceptors (Lipinski definition) is 7. The van der Waals surface area contributed by atoms with Crippen molar-refractivity contribution >= 4 is 17.9 Å². The molecule has 4 N–H and O–H groups in total. The summed E-state index contributed by atoms with van der Waals surface area (Å²) in [5, 5.41) is 0. The molecule has 0 aliphatic carbocycles. The second-order valence-corrected chi connectivity index (χ2v) is 4.95. The standard InChI is InChI=1S/C16H23N3O6/c1-10(20)25-14-12(22-2)8-11(9-13(14)23-3)15(21)24-7-5-4-6-19-16(17)18/h8-9H,4-7H2,1-3H3,(H4,17,18,19). The maximum Gasteiger partial charge on any atom is 0.338 e. The van der Waals surface area contributed by atoms with E-state index in [1.165, 1.54) is 33.3 Å². The molecule has 1 rings (SSSR count). The van der Waals surface area contributed by atoms with Gasteiger partial charge in [-0.2, -0.15) is 0 Å². The van der Waals surface area contributed by atoms with E-state index in [-0.39, 0.29) is 35.4 Å². The smallest absolute Gasteiger partial charge is 0.338 e. The number of nitrogens with two attached hydrogens (primary N) is 2. The van der Waals surface area contributed by atoms with E-state index in [9.17, 15) is 9.59 Å². The van der Waals surface area contributed by atoms with Gasteiger partial charge in [-0.1, -0.05) is 0 Å². The fourth-order valence-electron chi connectivity index (χ4n) is 1.91. The van der Waals surface area contributed by atoms with Gasteiger partial charge in [0.15, 0.2) is 17.5 Å². The molecule has 9 heteroatoms. The molecule has 0 saturated heterocycles. The van der Waals surface area contributed by atoms with Crippen LogP contribution < -0.4 is 25.7 Å². The lowest BCUT2D eigenvalue weighted by atomic mass is 10.2. The molecule has 0 aliphatic rings. The number of unbranched alkanes of at least 4 members (excludes halogenated alkanes) is 1. The normalized spacial score (nSPS) is 9.88. The summed E-state index contributed by atoms with van der Waals surface area (Å²) in [6.07, 6.45) is 1.30. The van der Waals surface area contributed by atoms with Crippen LogP contribution in [0.5, 0.6) is 17.2 Å². The second kappa shape index (κ2) is 10.0. The van der Waals surface area contributed by atoms with Gasteiger partial charge in [-0.15, -0.1) is 0 Å². The molecule has 0 unspecified atom stereocenters. The molecule has 0 bridgehead atoms. The van der Waals surface area contributed by atoms with Crippen molar-refractivity contribution in [1.29, 1.82) is 0 Å². The lowest BCUT2D eigenvalue weighted by Crippen LogP contribution is -2.23. The van der Waals surface area contributed by atoms with Crippen molar-refractivity contribution in [2.45, 2.75) is 19.8 Å². The minimum atomic E-state index is -0.548. The van der Waals surface area contributed by atoms with Crippen molar-refractivity contribution in [3.63, 3.8) is 0 Å². The molecule has 0 saturated carbocycles. The Morgan fingerprint density at radius 3 is 2.16 bits per heavy atom. The minimum Gasteiger partial charge on any atom is -0.493 e. The van der Waals surface area contributed by atoms with E-state index < -0.39 is 11.9 Å². The maximum absolute atomic E-state index is 12.1. The van der Waals surface area contributed by atoms with Crippen LogP contribution in [0, 0.1) is 0 Å². The van der Waals surface area contributed by atoms with Gasteiger partial charge in [0.1, 0.15) is 0 Å². The summed E-state index contributed by atoms with van der Waals surface area (Å²) in [7, 11) is 2.78. The van der Waals surface area contributed by atoms with Crippen molar-refractivity contribution < 1.29 is 28.5 Å². The van der Waals surface area contributed by atoms with Gasteiger partial charge >= 0.3 is 11.9 Å². The van der Waals surface area contributed by atoms with E-state index >= 15 is 0 Å². The number of carbonyl (C=O) groups is 2. The van der Waals surface area contributed by atoms with Crippen molar-refractivity contribution in [3.8, 4) is 17.2 Å². The van der Waals surface area contributed by atoms with Crippen LogP contribution in [-0.2, 0) is 9.53 Å². The van der Waals surface area contributed by atoms with Crippen molar-refractivity contribution in [2.75, 3.05) is 27.4 Å². The zero-order valence-electron chi connectivity index (χ0n) is 14.5. The van der Waals surface area contributed by atoms with E-state index in [1.807, 2.05) is 0 Å². The van der Waals surface area contributed by atoms with E-state index in [2.05, 4.69) is 4.99 Å². The first-order chi connectivity index (χ1) is 11.9. The van der Waals surface area contributed by atoms with E-state index in [1.54, 1.807) is 0 Å². The van der Waals surface area contributed by atoms with Crippen LogP contribution in [0.25, 0.3) is 0 Å². The Morgan fingerprint density at radius 1 is 1.08 bits per heavy atom. The number of carbonyl (C=O) groups excluding carboxylic acids is 2. The van der Waals surface area contributed by atoms with E-state index in [0.717, 1.165) is 0 Å². The van der Waals surface area contributed by atoms with Gasteiger partial charge in [-0.3, -0.25) is 9.79 Å². The summed E-state index contributed by atoms with van der Waals surface area (Å²) in [6, 6.07) is 2.84. The average Bonchev–Trinajstić information content (AvgIpc) is 2.56. The third-order valence-corrected chi connectivity index (χ3v) is 3.02. The topological polar surface area (TPSA) is 135 Å². The van der Waals surface area contributed by atoms with Crippen molar-refractivity contribution in [1.82, 2.24) is 0 Å². The number of rotatable bonds is 9. The summed E-state index contributed by atoms with van der Waals surface area (Å²) in [4.78, 5) is 27.2. The average molecular weight is 353 g/mol. The molecule has 0 heterocycles. The monoisotopic (exact) mass is 353 g/mol. The lowest BCUT2D eigenvalue weighted by Gasteiger charge is -2.14. The highest BCUT2D eigenvalue weighted by atomic mass is 16.6. The first-order valence-electron chi connectivity index (χ1n) is 7.56. The highest BCUT2D eigenvalue weighted by Gasteiger charge is 2.19. The predicted octanol–water partition coefficient (Wildman–Crippen LogP) is 0.840. The van der Waals surface area contributed by atoms with Crippen LogP contribution in [0.2, 0.25) is 0 Å². The molecule has 0 aromatic heterocycles. The zero-order valence-corrected chi connectivity index (χ0v) is 14.5. The number of esters is 2. The van der Waals surface area contributed by atoms with Gasteiger partial charge < -0.3 is 30.4 Å². The number of guanidine groups is 1. The van der Waals surface area contributed by atoms with Gasteiger partial charge in [0.05, 0.1) is 26.4 Å². The van der Waals surface area contributed by atoms with Crippen LogP contribution in [0.15, 0.2) is 17.1 Å². The molecule has 25 heavy (non-hydrogen) atoms. The molecule has 0 fully saturated rings. The van der Waals surface area contributed by atoms with Gasteiger partial charge in [0.2, 0.25) is 5.75 Å². The van der Waals surface area contributed by atoms with Gasteiger partial charge in [0, 0.05) is 13.5 Å². The molecule has 0 amide bonds. The molecule has 1 aromatic carbocycles. The van der Waals surface area contributed by atoms with Gasteiger partial charge in [0.25, 0.3) is 0 Å².